The van der Waals surface area contributed by atoms with Crippen LogP contribution in [0.3, 0.4) is 0 Å². The Morgan fingerprint density at radius 3 is 2.52 bits per heavy atom. The summed E-state index contributed by atoms with van der Waals surface area (Å²) in [5, 5.41) is 3.85. The van der Waals surface area contributed by atoms with Crippen molar-refractivity contribution in [3.63, 3.8) is 0 Å². The van der Waals surface area contributed by atoms with Gasteiger partial charge in [0.2, 0.25) is 0 Å². The average molecular weight is 296 g/mol. The van der Waals surface area contributed by atoms with Crippen LogP contribution in [-0.2, 0) is 4.74 Å². The molecule has 0 aromatic carbocycles. The van der Waals surface area contributed by atoms with E-state index in [0.717, 1.165) is 31.6 Å². The Hall–Kier alpha value is -0.120. The highest BCUT2D eigenvalue weighted by Gasteiger charge is 2.37. The molecule has 1 N–H and O–H groups in total. The molecule has 0 spiro atoms. The van der Waals surface area contributed by atoms with Gasteiger partial charge in [0, 0.05) is 44.4 Å². The molecule has 3 nitrogen and oxygen atoms in total. The highest BCUT2D eigenvalue weighted by molar-refractivity contribution is 4.97. The minimum atomic E-state index is 0.334. The number of hydrogen-bond acceptors (Lipinski definition) is 3. The zero-order chi connectivity index (χ0) is 15.3. The third-order valence-corrected chi connectivity index (χ3v) is 5.57. The Labute approximate surface area is 131 Å². The van der Waals surface area contributed by atoms with Crippen LogP contribution in [0.25, 0.3) is 0 Å². The van der Waals surface area contributed by atoms with Crippen LogP contribution in [0.5, 0.6) is 0 Å². The normalized spacial score (nSPS) is 26.4. The summed E-state index contributed by atoms with van der Waals surface area (Å²) in [7, 11) is 0. The number of rotatable bonds is 9. The molecule has 1 saturated carbocycles. The van der Waals surface area contributed by atoms with Gasteiger partial charge in [0.1, 0.15) is 0 Å². The molecule has 2 aliphatic rings. The minimum Gasteiger partial charge on any atom is -0.381 e. The molecule has 2 rings (SSSR count). The third kappa shape index (κ3) is 4.94. The molecule has 2 fully saturated rings. The Balaban J connectivity index is 1.78. The van der Waals surface area contributed by atoms with Gasteiger partial charge in [0.25, 0.3) is 0 Å². The fraction of sp³-hybridized carbons (Fsp3) is 1.00. The highest BCUT2D eigenvalue weighted by Crippen LogP contribution is 2.29. The molecule has 0 amide bonds. The molecule has 1 aliphatic heterocycles. The molecule has 1 atom stereocenters. The molecule has 0 radical (unpaired) electrons. The van der Waals surface area contributed by atoms with Crippen molar-refractivity contribution in [1.29, 1.82) is 0 Å². The van der Waals surface area contributed by atoms with Crippen LogP contribution < -0.4 is 5.32 Å². The number of piperazine rings is 1. The van der Waals surface area contributed by atoms with E-state index < -0.39 is 0 Å². The largest absolute Gasteiger partial charge is 0.381 e. The van der Waals surface area contributed by atoms with Crippen molar-refractivity contribution in [2.45, 2.75) is 71.4 Å². The molecular formula is C18H36N2O. The zero-order valence-corrected chi connectivity index (χ0v) is 14.7. The summed E-state index contributed by atoms with van der Waals surface area (Å²) in [5.74, 6) is 1.61. The molecule has 0 bridgehead atoms. The van der Waals surface area contributed by atoms with E-state index in [1.54, 1.807) is 0 Å². The van der Waals surface area contributed by atoms with Gasteiger partial charge < -0.3 is 10.1 Å². The predicted molar refractivity (Wildman–Crippen MR) is 89.7 cm³/mol. The van der Waals surface area contributed by atoms with E-state index in [0.29, 0.717) is 11.6 Å². The van der Waals surface area contributed by atoms with Crippen molar-refractivity contribution in [3.05, 3.63) is 0 Å². The molecule has 1 heterocycles. The van der Waals surface area contributed by atoms with Crippen molar-refractivity contribution < 1.29 is 4.74 Å². The second kappa shape index (κ2) is 7.94. The summed E-state index contributed by atoms with van der Waals surface area (Å²) >= 11 is 0. The smallest absolute Gasteiger partial charge is 0.0494 e. The van der Waals surface area contributed by atoms with Crippen molar-refractivity contribution in [2.24, 2.45) is 11.8 Å². The molecule has 0 aromatic heterocycles. The Kier molecular flexibility index (Phi) is 6.51. The van der Waals surface area contributed by atoms with E-state index in [1.165, 1.54) is 45.2 Å². The highest BCUT2D eigenvalue weighted by atomic mass is 16.5. The van der Waals surface area contributed by atoms with E-state index in [-0.39, 0.29) is 0 Å². The lowest BCUT2D eigenvalue weighted by molar-refractivity contribution is 0.0387. The summed E-state index contributed by atoms with van der Waals surface area (Å²) in [6, 6.07) is 0.680. The molecule has 1 aliphatic carbocycles. The molecule has 124 valence electrons. The maximum atomic E-state index is 5.81. The first-order valence-corrected chi connectivity index (χ1v) is 9.17. The van der Waals surface area contributed by atoms with Crippen LogP contribution in [0.15, 0.2) is 0 Å². The minimum absolute atomic E-state index is 0.334. The molecule has 1 unspecified atom stereocenters. The van der Waals surface area contributed by atoms with Crippen LogP contribution >= 0.6 is 0 Å². The second-order valence-corrected chi connectivity index (χ2v) is 7.52. The Morgan fingerprint density at radius 2 is 1.95 bits per heavy atom. The van der Waals surface area contributed by atoms with Crippen molar-refractivity contribution in [1.82, 2.24) is 10.2 Å². The molecule has 3 heteroatoms. The van der Waals surface area contributed by atoms with Gasteiger partial charge in [-0.2, -0.15) is 0 Å². The van der Waals surface area contributed by atoms with E-state index in [4.69, 9.17) is 4.74 Å². The van der Waals surface area contributed by atoms with E-state index in [2.05, 4.69) is 37.9 Å². The van der Waals surface area contributed by atoms with Gasteiger partial charge in [-0.15, -0.1) is 0 Å². The van der Waals surface area contributed by atoms with Crippen LogP contribution in [-0.4, -0.2) is 49.3 Å². The fourth-order valence-electron chi connectivity index (χ4n) is 3.54. The number of ether oxygens (including phenoxy) is 1. The van der Waals surface area contributed by atoms with Crippen LogP contribution in [0.4, 0.5) is 0 Å². The molecule has 1 saturated heterocycles. The fourth-order valence-corrected chi connectivity index (χ4v) is 3.54. The lowest BCUT2D eigenvalue weighted by Crippen LogP contribution is -2.65. The van der Waals surface area contributed by atoms with Crippen molar-refractivity contribution in [2.75, 3.05) is 32.8 Å². The quantitative estimate of drug-likeness (QED) is 0.661. The maximum Gasteiger partial charge on any atom is 0.0494 e. The van der Waals surface area contributed by atoms with Crippen LogP contribution in [0.2, 0.25) is 0 Å². The number of nitrogens with zero attached hydrogens (tertiary/aromatic N) is 1. The van der Waals surface area contributed by atoms with Gasteiger partial charge in [-0.3, -0.25) is 4.90 Å². The number of hydrogen-bond donors (Lipinski definition) is 1. The maximum absolute atomic E-state index is 5.81. The van der Waals surface area contributed by atoms with Gasteiger partial charge in [-0.05, 0) is 43.9 Å². The van der Waals surface area contributed by atoms with Gasteiger partial charge in [-0.1, -0.05) is 27.7 Å². The Bertz CT molecular complexity index is 298. The van der Waals surface area contributed by atoms with Crippen LogP contribution in [0, 0.1) is 11.8 Å². The van der Waals surface area contributed by atoms with Crippen molar-refractivity contribution in [3.8, 4) is 0 Å². The summed E-state index contributed by atoms with van der Waals surface area (Å²) < 4.78 is 5.81. The summed E-state index contributed by atoms with van der Waals surface area (Å²) in [4.78, 5) is 2.73. The Morgan fingerprint density at radius 1 is 1.24 bits per heavy atom. The first-order valence-electron chi connectivity index (χ1n) is 9.17. The zero-order valence-electron chi connectivity index (χ0n) is 14.7. The predicted octanol–water partition coefficient (Wildman–Crippen LogP) is 3.29. The van der Waals surface area contributed by atoms with E-state index >= 15 is 0 Å². The average Bonchev–Trinajstić information content (AvgIpc) is 3.30. The number of nitrogens with one attached hydrogen (secondary N) is 1. The first-order chi connectivity index (χ1) is 10.1. The van der Waals surface area contributed by atoms with Gasteiger partial charge in [0.05, 0.1) is 0 Å². The molecule has 21 heavy (non-hydrogen) atoms. The standard InChI is InChI=1S/C18H36N2O/c1-5-18(6-2)14-20(17(12-19-18)15(3)4)10-7-11-21-13-16-8-9-16/h15-17,19H,5-14H2,1-4H3. The van der Waals surface area contributed by atoms with E-state index in [9.17, 15) is 0 Å². The molecule has 0 aromatic rings. The lowest BCUT2D eigenvalue weighted by atomic mass is 9.86. The first kappa shape index (κ1) is 17.2. The summed E-state index contributed by atoms with van der Waals surface area (Å²) in [6.45, 7) is 14.8. The van der Waals surface area contributed by atoms with E-state index in [1.807, 2.05) is 0 Å². The third-order valence-electron chi connectivity index (χ3n) is 5.57. The summed E-state index contributed by atoms with van der Waals surface area (Å²) in [6.07, 6.45) is 6.41. The monoisotopic (exact) mass is 296 g/mol. The van der Waals surface area contributed by atoms with Crippen LogP contribution in [0.1, 0.15) is 59.8 Å². The lowest BCUT2D eigenvalue weighted by Gasteiger charge is -2.49. The SMILES string of the molecule is CCC1(CC)CN(CCCOCC2CC2)C(C(C)C)CN1. The topological polar surface area (TPSA) is 24.5 Å². The summed E-state index contributed by atoms with van der Waals surface area (Å²) in [5.41, 5.74) is 0.334. The van der Waals surface area contributed by atoms with Gasteiger partial charge >= 0.3 is 0 Å². The van der Waals surface area contributed by atoms with Crippen molar-refractivity contribution >= 4 is 0 Å². The molecular weight excluding hydrogens is 260 g/mol. The van der Waals surface area contributed by atoms with Gasteiger partial charge in [-0.25, -0.2) is 0 Å². The van der Waals surface area contributed by atoms with Gasteiger partial charge in [0.15, 0.2) is 0 Å². The second-order valence-electron chi connectivity index (χ2n) is 7.52.